The first-order valence-corrected chi connectivity index (χ1v) is 10.8. The molecular weight excluding hydrogens is 394 g/mol. The molecule has 1 aromatic heterocycles. The molecule has 1 heterocycles. The van der Waals surface area contributed by atoms with E-state index in [1.165, 1.54) is 5.56 Å². The average Bonchev–Trinajstić information content (AvgIpc) is 3.01. The molecule has 3 rings (SSSR count). The summed E-state index contributed by atoms with van der Waals surface area (Å²) in [6.45, 7) is 14.6. The van der Waals surface area contributed by atoms with Crippen LogP contribution in [0.5, 0.6) is 0 Å². The second-order valence-corrected chi connectivity index (χ2v) is 9.33. The third kappa shape index (κ3) is 4.68. The Morgan fingerprint density at radius 1 is 1.03 bits per heavy atom. The summed E-state index contributed by atoms with van der Waals surface area (Å²) >= 11 is 0. The minimum absolute atomic E-state index is 0.0780. The highest BCUT2D eigenvalue weighted by molar-refractivity contribution is 6.10. The maximum Gasteiger partial charge on any atom is 0.266 e. The quantitative estimate of drug-likeness (QED) is 0.380. The zero-order valence-electron chi connectivity index (χ0n) is 20.0. The Bertz CT molecular complexity index is 1230. The molecule has 1 amide bonds. The Morgan fingerprint density at radius 3 is 2.28 bits per heavy atom. The molecule has 32 heavy (non-hydrogen) atoms. The first-order valence-electron chi connectivity index (χ1n) is 10.8. The van der Waals surface area contributed by atoms with E-state index in [1.54, 1.807) is 6.08 Å². The van der Waals surface area contributed by atoms with Crippen LogP contribution >= 0.6 is 0 Å². The van der Waals surface area contributed by atoms with Crippen LogP contribution < -0.4 is 5.32 Å². The van der Waals surface area contributed by atoms with Gasteiger partial charge in [-0.3, -0.25) is 4.79 Å². The lowest BCUT2D eigenvalue weighted by Gasteiger charge is -2.20. The molecule has 0 fully saturated rings. The lowest BCUT2D eigenvalue weighted by atomic mass is 9.87. The molecule has 0 aliphatic rings. The molecule has 0 saturated heterocycles. The number of rotatable bonds is 4. The van der Waals surface area contributed by atoms with Crippen LogP contribution in [-0.2, 0) is 10.2 Å². The van der Waals surface area contributed by atoms with Crippen LogP contribution in [-0.4, -0.2) is 10.5 Å². The number of amides is 1. The summed E-state index contributed by atoms with van der Waals surface area (Å²) in [7, 11) is 0. The third-order valence-electron chi connectivity index (χ3n) is 5.98. The van der Waals surface area contributed by atoms with E-state index in [9.17, 15) is 10.1 Å². The Balaban J connectivity index is 1.93. The number of hydrogen-bond donors (Lipinski definition) is 1. The fourth-order valence-corrected chi connectivity index (χ4v) is 3.82. The molecule has 0 bridgehead atoms. The van der Waals surface area contributed by atoms with E-state index in [-0.39, 0.29) is 11.0 Å². The number of carbonyl (C=O) groups excluding carboxylic acids is 1. The number of nitrogens with one attached hydrogen (secondary N) is 1. The number of nitriles is 1. The van der Waals surface area contributed by atoms with Crippen molar-refractivity contribution >= 4 is 17.7 Å². The first kappa shape index (κ1) is 23.1. The van der Waals surface area contributed by atoms with Crippen LogP contribution in [0.1, 0.15) is 54.4 Å². The number of anilines is 1. The van der Waals surface area contributed by atoms with E-state index in [1.807, 2.05) is 52.0 Å². The average molecular weight is 426 g/mol. The van der Waals surface area contributed by atoms with E-state index in [2.05, 4.69) is 61.0 Å². The van der Waals surface area contributed by atoms with E-state index in [4.69, 9.17) is 0 Å². The fraction of sp³-hybridized carbons (Fsp3) is 0.286. The molecule has 2 aromatic carbocycles. The van der Waals surface area contributed by atoms with Crippen molar-refractivity contribution in [3.05, 3.63) is 87.7 Å². The van der Waals surface area contributed by atoms with Gasteiger partial charge in [0.2, 0.25) is 0 Å². The zero-order valence-corrected chi connectivity index (χ0v) is 20.0. The highest BCUT2D eigenvalue weighted by Crippen LogP contribution is 2.27. The van der Waals surface area contributed by atoms with Crippen LogP contribution in [0, 0.1) is 39.0 Å². The largest absolute Gasteiger partial charge is 0.321 e. The van der Waals surface area contributed by atoms with E-state index in [0.29, 0.717) is 0 Å². The smallest absolute Gasteiger partial charge is 0.266 e. The summed E-state index contributed by atoms with van der Waals surface area (Å²) in [6, 6.07) is 18.4. The van der Waals surface area contributed by atoms with Gasteiger partial charge in [-0.05, 0) is 85.7 Å². The van der Waals surface area contributed by atoms with Gasteiger partial charge in [-0.1, -0.05) is 45.0 Å². The first-order chi connectivity index (χ1) is 15.0. The zero-order chi connectivity index (χ0) is 23.6. The molecule has 0 atom stereocenters. The number of aromatic nitrogens is 1. The Hall–Kier alpha value is -3.58. The molecule has 0 spiro atoms. The molecule has 4 heteroatoms. The minimum atomic E-state index is -0.402. The Labute approximate surface area is 191 Å². The van der Waals surface area contributed by atoms with Crippen molar-refractivity contribution in [1.82, 2.24) is 4.57 Å². The van der Waals surface area contributed by atoms with E-state index in [0.717, 1.165) is 39.5 Å². The molecule has 0 unspecified atom stereocenters. The normalized spacial score (nSPS) is 11.9. The van der Waals surface area contributed by atoms with Crippen LogP contribution in [0.25, 0.3) is 11.8 Å². The summed E-state index contributed by atoms with van der Waals surface area (Å²) in [5, 5.41) is 12.5. The second-order valence-electron chi connectivity index (χ2n) is 9.33. The van der Waals surface area contributed by atoms with Crippen molar-refractivity contribution in [2.45, 2.75) is 53.9 Å². The standard InChI is InChI=1S/C28H31N3O/c1-18-9-8-10-26(20(18)3)30-27(32)23(17-29)16-22-15-19(2)31(21(22)4)25-13-11-24(12-14-25)28(5,6)7/h8-16H,1-7H3,(H,30,32)/b23-16-. The second kappa shape index (κ2) is 8.88. The van der Waals surface area contributed by atoms with Gasteiger partial charge in [0.1, 0.15) is 11.6 Å². The van der Waals surface area contributed by atoms with Gasteiger partial charge in [0.25, 0.3) is 5.91 Å². The van der Waals surface area contributed by atoms with Crippen LogP contribution in [0.4, 0.5) is 5.69 Å². The SMILES string of the molecule is Cc1cccc(NC(=O)/C(C#N)=C\c2cc(C)n(-c3ccc(C(C)(C)C)cc3)c2C)c1C. The van der Waals surface area contributed by atoms with Crippen molar-refractivity contribution in [1.29, 1.82) is 5.26 Å². The molecule has 0 aliphatic heterocycles. The third-order valence-corrected chi connectivity index (χ3v) is 5.98. The monoisotopic (exact) mass is 425 g/mol. The highest BCUT2D eigenvalue weighted by atomic mass is 16.1. The lowest BCUT2D eigenvalue weighted by molar-refractivity contribution is -0.112. The molecule has 0 saturated carbocycles. The van der Waals surface area contributed by atoms with Crippen LogP contribution in [0.3, 0.4) is 0 Å². The number of nitrogens with zero attached hydrogens (tertiary/aromatic N) is 2. The molecule has 0 aliphatic carbocycles. The number of carbonyl (C=O) groups is 1. The summed E-state index contributed by atoms with van der Waals surface area (Å²) in [4.78, 5) is 12.8. The van der Waals surface area contributed by atoms with Gasteiger partial charge < -0.3 is 9.88 Å². The Kier molecular flexibility index (Phi) is 6.41. The predicted octanol–water partition coefficient (Wildman–Crippen LogP) is 6.55. The number of hydrogen-bond acceptors (Lipinski definition) is 2. The molecule has 0 radical (unpaired) electrons. The van der Waals surface area contributed by atoms with Gasteiger partial charge >= 0.3 is 0 Å². The summed E-state index contributed by atoms with van der Waals surface area (Å²) < 4.78 is 2.15. The minimum Gasteiger partial charge on any atom is -0.321 e. The summed E-state index contributed by atoms with van der Waals surface area (Å²) in [5.74, 6) is -0.402. The van der Waals surface area contributed by atoms with Crippen molar-refractivity contribution in [3.63, 3.8) is 0 Å². The Morgan fingerprint density at radius 2 is 1.69 bits per heavy atom. The molecule has 3 aromatic rings. The van der Waals surface area contributed by atoms with E-state index >= 15 is 0 Å². The maximum absolute atomic E-state index is 12.8. The molecular formula is C28H31N3O. The van der Waals surface area contributed by atoms with Crippen molar-refractivity contribution in [3.8, 4) is 11.8 Å². The number of benzene rings is 2. The molecule has 164 valence electrons. The number of aryl methyl sites for hydroxylation is 2. The fourth-order valence-electron chi connectivity index (χ4n) is 3.82. The van der Waals surface area contributed by atoms with Gasteiger partial charge in [0.15, 0.2) is 0 Å². The molecule has 1 N–H and O–H groups in total. The van der Waals surface area contributed by atoms with Crippen LogP contribution in [0.2, 0.25) is 0 Å². The van der Waals surface area contributed by atoms with Gasteiger partial charge in [0, 0.05) is 22.8 Å². The molecule has 4 nitrogen and oxygen atoms in total. The highest BCUT2D eigenvalue weighted by Gasteiger charge is 2.16. The van der Waals surface area contributed by atoms with Gasteiger partial charge in [-0.2, -0.15) is 5.26 Å². The summed E-state index contributed by atoms with van der Waals surface area (Å²) in [6.07, 6.45) is 1.67. The van der Waals surface area contributed by atoms with Gasteiger partial charge in [-0.15, -0.1) is 0 Å². The van der Waals surface area contributed by atoms with Crippen molar-refractivity contribution in [2.24, 2.45) is 0 Å². The predicted molar refractivity (Wildman–Crippen MR) is 132 cm³/mol. The van der Waals surface area contributed by atoms with Gasteiger partial charge in [-0.25, -0.2) is 0 Å². The van der Waals surface area contributed by atoms with Gasteiger partial charge in [0.05, 0.1) is 0 Å². The van der Waals surface area contributed by atoms with Crippen molar-refractivity contribution < 1.29 is 4.79 Å². The van der Waals surface area contributed by atoms with Crippen molar-refractivity contribution in [2.75, 3.05) is 5.32 Å². The lowest BCUT2D eigenvalue weighted by Crippen LogP contribution is -2.14. The van der Waals surface area contributed by atoms with Crippen LogP contribution in [0.15, 0.2) is 54.1 Å². The van der Waals surface area contributed by atoms with E-state index < -0.39 is 5.91 Å². The summed E-state index contributed by atoms with van der Waals surface area (Å²) in [5.41, 5.74) is 8.21. The topological polar surface area (TPSA) is 57.8 Å². The maximum atomic E-state index is 12.8.